The number of unbranched alkanes of at least 4 members (excludes halogenated alkanes) is 1. The lowest BCUT2D eigenvalue weighted by atomic mass is 9.97. The van der Waals surface area contributed by atoms with Gasteiger partial charge in [-0.15, -0.1) is 0 Å². The molecule has 5 heteroatoms. The van der Waals surface area contributed by atoms with Gasteiger partial charge in [0.1, 0.15) is 0 Å². The van der Waals surface area contributed by atoms with Gasteiger partial charge in [-0.25, -0.2) is 0 Å². The van der Waals surface area contributed by atoms with E-state index in [0.717, 1.165) is 30.4 Å². The largest absolute Gasteiger partial charge is 0.772 e. The maximum atomic E-state index is 11.2. The second-order valence-electron chi connectivity index (χ2n) is 4.26. The number of aryl methyl sites for hydroxylation is 2. The van der Waals surface area contributed by atoms with Crippen LogP contribution in [0.3, 0.4) is 0 Å². The van der Waals surface area contributed by atoms with E-state index in [1.807, 2.05) is 13.0 Å². The zero-order valence-electron chi connectivity index (χ0n) is 10.5. The van der Waals surface area contributed by atoms with Crippen molar-refractivity contribution in [2.24, 2.45) is 0 Å². The van der Waals surface area contributed by atoms with E-state index in [-0.39, 0.29) is 5.75 Å². The summed E-state index contributed by atoms with van der Waals surface area (Å²) < 4.78 is 21.7. The first-order valence-electron chi connectivity index (χ1n) is 5.83. The Bertz CT molecular complexity index is 472. The molecule has 1 aromatic rings. The highest BCUT2D eigenvalue weighted by atomic mass is 35.5. The molecule has 3 nitrogen and oxygen atoms in total. The Morgan fingerprint density at radius 1 is 1.39 bits per heavy atom. The van der Waals surface area contributed by atoms with Crippen molar-refractivity contribution in [3.05, 3.63) is 34.4 Å². The summed E-state index contributed by atoms with van der Waals surface area (Å²) in [4.78, 5) is 11.2. The van der Waals surface area contributed by atoms with Gasteiger partial charge in [0.2, 0.25) is 0 Å². The lowest BCUT2D eigenvalue weighted by Crippen LogP contribution is -2.04. The minimum Gasteiger partial charge on any atom is -0.772 e. The van der Waals surface area contributed by atoms with Crippen molar-refractivity contribution in [1.82, 2.24) is 0 Å². The summed E-state index contributed by atoms with van der Waals surface area (Å²) in [7, 11) is 0. The third-order valence-corrected chi connectivity index (χ3v) is 3.58. The van der Waals surface area contributed by atoms with Gasteiger partial charge in [-0.3, -0.25) is 9.00 Å². The number of carbonyl (C=O) groups is 1. The van der Waals surface area contributed by atoms with Crippen LogP contribution in [0.15, 0.2) is 12.1 Å². The molecule has 0 aliphatic rings. The lowest BCUT2D eigenvalue weighted by Gasteiger charge is -2.14. The number of benzene rings is 1. The number of carbonyl (C=O) groups excluding carboxylic acids is 1. The van der Waals surface area contributed by atoms with Gasteiger partial charge in [-0.2, -0.15) is 0 Å². The molecular weight excluding hydrogens is 272 g/mol. The summed E-state index contributed by atoms with van der Waals surface area (Å²) >= 11 is 3.32. The Morgan fingerprint density at radius 2 is 2.06 bits per heavy atom. The fraction of sp³-hybridized carbons (Fsp3) is 0.462. The van der Waals surface area contributed by atoms with Gasteiger partial charge in [-0.1, -0.05) is 30.5 Å². The summed E-state index contributed by atoms with van der Waals surface area (Å²) in [5, 5.41) is -0.549. The molecule has 0 aliphatic heterocycles. The minimum atomic E-state index is -2.16. The number of hydrogen-bond acceptors (Lipinski definition) is 3. The Balaban J connectivity index is 3.18. The van der Waals surface area contributed by atoms with Crippen LogP contribution < -0.4 is 0 Å². The molecule has 0 fully saturated rings. The Hall–Kier alpha value is -0.710. The fourth-order valence-electron chi connectivity index (χ4n) is 1.89. The van der Waals surface area contributed by atoms with Gasteiger partial charge in [0.15, 0.2) is 0 Å². The first kappa shape index (κ1) is 15.3. The quantitative estimate of drug-likeness (QED) is 0.597. The van der Waals surface area contributed by atoms with Gasteiger partial charge < -0.3 is 4.55 Å². The van der Waals surface area contributed by atoms with Gasteiger partial charge in [0.05, 0.1) is 0 Å². The number of hydrogen-bond donors (Lipinski definition) is 0. The molecule has 1 unspecified atom stereocenters. The average Bonchev–Trinajstić information content (AvgIpc) is 2.28. The SMILES string of the molecule is CCCCc1cc(C)c(C(=O)Cl)cc1CS(=O)[O-]. The standard InChI is InChI=1S/C13H17ClO3S/c1-3-4-5-10-6-9(2)12(13(14)15)7-11(10)8-18(16)17/h6-7H,3-5,8H2,1-2H3,(H,16,17)/p-1. The highest BCUT2D eigenvalue weighted by Gasteiger charge is 2.11. The summed E-state index contributed by atoms with van der Waals surface area (Å²) in [6.45, 7) is 3.89. The summed E-state index contributed by atoms with van der Waals surface area (Å²) in [5.74, 6) is -0.0729. The third-order valence-electron chi connectivity index (χ3n) is 2.83. The molecule has 1 atom stereocenters. The van der Waals surface area contributed by atoms with Crippen LogP contribution in [0.1, 0.15) is 46.8 Å². The van der Waals surface area contributed by atoms with Crippen LogP contribution in [0.2, 0.25) is 0 Å². The van der Waals surface area contributed by atoms with E-state index in [0.29, 0.717) is 11.1 Å². The first-order chi connectivity index (χ1) is 8.45. The molecular formula is C13H16ClO3S-. The van der Waals surface area contributed by atoms with E-state index < -0.39 is 16.3 Å². The summed E-state index contributed by atoms with van der Waals surface area (Å²) in [6, 6.07) is 3.47. The van der Waals surface area contributed by atoms with E-state index in [9.17, 15) is 13.6 Å². The Kier molecular flexibility index (Phi) is 5.99. The molecule has 1 rings (SSSR count). The second-order valence-corrected chi connectivity index (χ2v) is 5.50. The van der Waals surface area contributed by atoms with E-state index in [4.69, 9.17) is 11.6 Å². The predicted molar refractivity (Wildman–Crippen MR) is 72.6 cm³/mol. The van der Waals surface area contributed by atoms with Crippen molar-refractivity contribution in [3.63, 3.8) is 0 Å². The van der Waals surface area contributed by atoms with E-state index in [2.05, 4.69) is 6.92 Å². The molecule has 0 N–H and O–H groups in total. The van der Waals surface area contributed by atoms with Crippen molar-refractivity contribution in [1.29, 1.82) is 0 Å². The van der Waals surface area contributed by atoms with Crippen LogP contribution in [0.25, 0.3) is 0 Å². The smallest absolute Gasteiger partial charge is 0.252 e. The zero-order chi connectivity index (χ0) is 13.7. The normalized spacial score (nSPS) is 12.4. The molecule has 0 aromatic heterocycles. The second kappa shape index (κ2) is 7.02. The Morgan fingerprint density at radius 3 is 2.56 bits per heavy atom. The summed E-state index contributed by atoms with van der Waals surface area (Å²) in [5.41, 5.74) is 2.84. The van der Waals surface area contributed by atoms with Crippen LogP contribution in [0, 0.1) is 6.92 Å². The van der Waals surface area contributed by atoms with Gasteiger partial charge in [0, 0.05) is 11.3 Å². The van der Waals surface area contributed by atoms with Crippen LogP contribution >= 0.6 is 11.6 Å². The maximum Gasteiger partial charge on any atom is 0.252 e. The van der Waals surface area contributed by atoms with Crippen LogP contribution in [-0.2, 0) is 23.3 Å². The lowest BCUT2D eigenvalue weighted by molar-refractivity contribution is 0.108. The Labute approximate surface area is 115 Å². The number of halogens is 1. The van der Waals surface area contributed by atoms with Gasteiger partial charge >= 0.3 is 0 Å². The van der Waals surface area contributed by atoms with Gasteiger partial charge in [0.25, 0.3) is 5.24 Å². The molecule has 0 radical (unpaired) electrons. The fourth-order valence-corrected chi connectivity index (χ4v) is 2.61. The molecule has 0 spiro atoms. The molecule has 100 valence electrons. The van der Waals surface area contributed by atoms with E-state index >= 15 is 0 Å². The van der Waals surface area contributed by atoms with Crippen molar-refractivity contribution in [2.75, 3.05) is 0 Å². The van der Waals surface area contributed by atoms with Crippen LogP contribution in [-0.4, -0.2) is 14.0 Å². The molecule has 1 aromatic carbocycles. The molecule has 0 heterocycles. The monoisotopic (exact) mass is 287 g/mol. The zero-order valence-corrected chi connectivity index (χ0v) is 12.1. The van der Waals surface area contributed by atoms with Crippen molar-refractivity contribution in [2.45, 2.75) is 38.9 Å². The number of rotatable bonds is 6. The molecule has 0 saturated heterocycles. The average molecular weight is 288 g/mol. The minimum absolute atomic E-state index is 0.0729. The molecule has 0 amide bonds. The van der Waals surface area contributed by atoms with Crippen LogP contribution in [0.5, 0.6) is 0 Å². The van der Waals surface area contributed by atoms with E-state index in [1.54, 1.807) is 6.07 Å². The van der Waals surface area contributed by atoms with Crippen molar-refractivity contribution in [3.8, 4) is 0 Å². The maximum absolute atomic E-state index is 11.2. The first-order valence-corrected chi connectivity index (χ1v) is 7.46. The van der Waals surface area contributed by atoms with Gasteiger partial charge in [-0.05, 0) is 54.1 Å². The predicted octanol–water partition coefficient (Wildman–Crippen LogP) is 3.10. The topological polar surface area (TPSA) is 57.2 Å². The highest BCUT2D eigenvalue weighted by molar-refractivity contribution is 7.78. The van der Waals surface area contributed by atoms with Crippen molar-refractivity contribution >= 4 is 27.9 Å². The van der Waals surface area contributed by atoms with Crippen molar-refractivity contribution < 1.29 is 13.6 Å². The molecule has 0 aliphatic carbocycles. The van der Waals surface area contributed by atoms with Crippen LogP contribution in [0.4, 0.5) is 0 Å². The summed E-state index contributed by atoms with van der Waals surface area (Å²) in [6.07, 6.45) is 2.85. The molecule has 0 bridgehead atoms. The van der Waals surface area contributed by atoms with E-state index in [1.165, 1.54) is 0 Å². The molecule has 0 saturated carbocycles. The molecule has 18 heavy (non-hydrogen) atoms. The highest BCUT2D eigenvalue weighted by Crippen LogP contribution is 2.21. The third kappa shape index (κ3) is 4.19.